The molecule has 0 aliphatic rings. The lowest BCUT2D eigenvalue weighted by Gasteiger charge is -1.98. The third-order valence-corrected chi connectivity index (χ3v) is 1.68. The number of nitrogens with zero attached hydrogens (tertiary/aromatic N) is 1. The zero-order valence-corrected chi connectivity index (χ0v) is 7.30. The first-order chi connectivity index (χ1) is 6.16. The van der Waals surface area contributed by atoms with E-state index in [-0.39, 0.29) is 11.3 Å². The smallest absolute Gasteiger partial charge is 0.328 e. The van der Waals surface area contributed by atoms with Gasteiger partial charge in [0.1, 0.15) is 0 Å². The van der Waals surface area contributed by atoms with Crippen molar-refractivity contribution in [2.75, 3.05) is 0 Å². The summed E-state index contributed by atoms with van der Waals surface area (Å²) in [6.07, 6.45) is 2.08. The maximum absolute atomic E-state index is 11.1. The van der Waals surface area contributed by atoms with Crippen LogP contribution in [-0.4, -0.2) is 19.9 Å². The Kier molecular flexibility index (Phi) is 2.80. The Morgan fingerprint density at radius 1 is 1.46 bits per heavy atom. The van der Waals surface area contributed by atoms with Crippen LogP contribution in [0.25, 0.3) is 0 Å². The molecule has 6 nitrogen and oxygen atoms in total. The van der Waals surface area contributed by atoms with E-state index < -0.39 is 11.1 Å². The maximum Gasteiger partial charge on any atom is 0.328 e. The fraction of sp³-hybridized carbons (Fsp3) is 0.167. The summed E-state index contributed by atoms with van der Waals surface area (Å²) in [6.45, 7) is 0.0641. The predicted octanol–water partition coefficient (Wildman–Crippen LogP) is -0.334. The lowest BCUT2D eigenvalue weighted by Crippen LogP contribution is -2.37. The van der Waals surface area contributed by atoms with Crippen LogP contribution in [0.5, 0.6) is 0 Å². The summed E-state index contributed by atoms with van der Waals surface area (Å²) < 4.78 is 1.13. The van der Waals surface area contributed by atoms with Gasteiger partial charge >= 0.3 is 11.1 Å². The van der Waals surface area contributed by atoms with Gasteiger partial charge in [0.05, 0.1) is 6.26 Å². The van der Waals surface area contributed by atoms with Gasteiger partial charge in [-0.15, -0.1) is 0 Å². The highest BCUT2D eigenvalue weighted by atomic mass is 32.1. The van der Waals surface area contributed by atoms with E-state index in [0.717, 1.165) is 10.8 Å². The first-order valence-corrected chi connectivity index (χ1v) is 3.78. The number of aromatic amines is 2. The Hall–Kier alpha value is -1.63. The molecule has 1 rings (SSSR count). The predicted molar refractivity (Wildman–Crippen MR) is 48.3 cm³/mol. The van der Waals surface area contributed by atoms with Crippen LogP contribution in [0.3, 0.4) is 0 Å². The highest BCUT2D eigenvalue weighted by Crippen LogP contribution is 1.80. The third kappa shape index (κ3) is 1.94. The third-order valence-electron chi connectivity index (χ3n) is 1.36. The quantitative estimate of drug-likeness (QED) is 0.347. The van der Waals surface area contributed by atoms with E-state index in [0.29, 0.717) is 0 Å². The van der Waals surface area contributed by atoms with Gasteiger partial charge in [-0.2, -0.15) is 0 Å². The number of aliphatic hydroxyl groups is 1. The van der Waals surface area contributed by atoms with Crippen LogP contribution >= 0.6 is 12.2 Å². The van der Waals surface area contributed by atoms with Gasteiger partial charge in [0.2, 0.25) is 0 Å². The molecule has 0 radical (unpaired) electrons. The van der Waals surface area contributed by atoms with Gasteiger partial charge in [0.25, 0.3) is 0 Å². The molecule has 0 amide bonds. The summed E-state index contributed by atoms with van der Waals surface area (Å²) in [5, 5.41) is 12.8. The van der Waals surface area contributed by atoms with Crippen LogP contribution in [0.15, 0.2) is 21.9 Å². The molecular weight excluding hydrogens is 194 g/mol. The van der Waals surface area contributed by atoms with Crippen molar-refractivity contribution in [2.24, 2.45) is 0 Å². The molecule has 0 saturated heterocycles. The monoisotopic (exact) mass is 201 g/mol. The van der Waals surface area contributed by atoms with E-state index in [4.69, 9.17) is 17.3 Å². The van der Waals surface area contributed by atoms with Crippen molar-refractivity contribution >= 4 is 12.2 Å². The number of rotatable bonds is 2. The minimum atomic E-state index is -0.778. The molecule has 13 heavy (non-hydrogen) atoms. The Balaban J connectivity index is 3.35. The SMILES string of the molecule is O=c1[nH][nH]c(=S)n(CC=CO)c1=O. The summed E-state index contributed by atoms with van der Waals surface area (Å²) in [6, 6.07) is 0. The second-order valence-electron chi connectivity index (χ2n) is 2.18. The van der Waals surface area contributed by atoms with Gasteiger partial charge in [-0.25, -0.2) is 0 Å². The summed E-state index contributed by atoms with van der Waals surface area (Å²) in [4.78, 5) is 21.9. The van der Waals surface area contributed by atoms with Gasteiger partial charge in [0, 0.05) is 6.54 Å². The number of H-pyrrole nitrogens is 2. The van der Waals surface area contributed by atoms with E-state index in [1.54, 1.807) is 0 Å². The molecule has 0 spiro atoms. The molecule has 0 aliphatic carbocycles. The molecule has 0 aromatic carbocycles. The zero-order chi connectivity index (χ0) is 9.84. The fourth-order valence-corrected chi connectivity index (χ4v) is 0.973. The summed E-state index contributed by atoms with van der Waals surface area (Å²) in [7, 11) is 0. The Bertz CT molecular complexity index is 481. The zero-order valence-electron chi connectivity index (χ0n) is 6.48. The van der Waals surface area contributed by atoms with Crippen LogP contribution in [0.4, 0.5) is 0 Å². The molecule has 0 fully saturated rings. The Morgan fingerprint density at radius 2 is 2.15 bits per heavy atom. The van der Waals surface area contributed by atoms with Crippen LogP contribution < -0.4 is 11.1 Å². The second kappa shape index (κ2) is 3.85. The van der Waals surface area contributed by atoms with Crippen molar-refractivity contribution in [1.82, 2.24) is 14.8 Å². The van der Waals surface area contributed by atoms with Crippen LogP contribution in [0, 0.1) is 4.77 Å². The second-order valence-corrected chi connectivity index (χ2v) is 2.57. The van der Waals surface area contributed by atoms with E-state index in [1.165, 1.54) is 6.08 Å². The molecule has 1 aromatic rings. The molecule has 1 heterocycles. The summed E-state index contributed by atoms with van der Waals surface area (Å²) in [5.41, 5.74) is -1.53. The molecule has 7 heteroatoms. The highest BCUT2D eigenvalue weighted by molar-refractivity contribution is 7.71. The lowest BCUT2D eigenvalue weighted by atomic mass is 10.6. The molecule has 0 saturated carbocycles. The number of aromatic nitrogens is 3. The average Bonchev–Trinajstić information content (AvgIpc) is 2.12. The normalized spacial score (nSPS) is 10.8. The molecule has 1 aromatic heterocycles. The number of hydrogen-bond donors (Lipinski definition) is 3. The van der Waals surface area contributed by atoms with E-state index in [2.05, 4.69) is 10.2 Å². The maximum atomic E-state index is 11.1. The largest absolute Gasteiger partial charge is 0.516 e. The standard InChI is InChI=1S/C6H7N3O3S/c10-3-1-2-9-5(12)4(11)7-8-6(9)13/h1,3,10H,2H2,(H,7,11)(H,8,13). The lowest BCUT2D eigenvalue weighted by molar-refractivity contribution is 0.468. The molecule has 0 bridgehead atoms. The number of aliphatic hydroxyl groups excluding tert-OH is 1. The van der Waals surface area contributed by atoms with Crippen molar-refractivity contribution < 1.29 is 5.11 Å². The topological polar surface area (TPSA) is 90.9 Å². The van der Waals surface area contributed by atoms with Gasteiger partial charge in [-0.1, -0.05) is 0 Å². The first kappa shape index (κ1) is 9.46. The van der Waals surface area contributed by atoms with Gasteiger partial charge in [0.15, 0.2) is 4.77 Å². The van der Waals surface area contributed by atoms with Crippen molar-refractivity contribution in [3.05, 3.63) is 37.8 Å². The minimum absolute atomic E-state index is 0.0641. The minimum Gasteiger partial charge on any atom is -0.516 e. The van der Waals surface area contributed by atoms with Crippen LogP contribution in [0.2, 0.25) is 0 Å². The molecule has 0 unspecified atom stereocenters. The number of nitrogens with one attached hydrogen (secondary N) is 2. The molecule has 3 N–H and O–H groups in total. The highest BCUT2D eigenvalue weighted by Gasteiger charge is 1.99. The Morgan fingerprint density at radius 3 is 2.77 bits per heavy atom. The average molecular weight is 201 g/mol. The van der Waals surface area contributed by atoms with Gasteiger partial charge in [-0.05, 0) is 18.3 Å². The van der Waals surface area contributed by atoms with Gasteiger partial charge < -0.3 is 5.11 Å². The van der Waals surface area contributed by atoms with Crippen molar-refractivity contribution in [1.29, 1.82) is 0 Å². The number of hydrogen-bond acceptors (Lipinski definition) is 4. The Labute approximate surface area is 77.2 Å². The van der Waals surface area contributed by atoms with E-state index >= 15 is 0 Å². The molecule has 0 aliphatic heterocycles. The van der Waals surface area contributed by atoms with Crippen LogP contribution in [0.1, 0.15) is 0 Å². The summed E-state index contributed by atoms with van der Waals surface area (Å²) >= 11 is 4.73. The number of allylic oxidation sites excluding steroid dienone is 1. The van der Waals surface area contributed by atoms with Gasteiger partial charge in [-0.3, -0.25) is 24.4 Å². The van der Waals surface area contributed by atoms with Crippen LogP contribution in [-0.2, 0) is 6.54 Å². The molecular formula is C6H7N3O3S. The van der Waals surface area contributed by atoms with Crippen molar-refractivity contribution in [3.8, 4) is 0 Å². The van der Waals surface area contributed by atoms with Crippen molar-refractivity contribution in [3.63, 3.8) is 0 Å². The van der Waals surface area contributed by atoms with E-state index in [9.17, 15) is 9.59 Å². The summed E-state index contributed by atoms with van der Waals surface area (Å²) in [5.74, 6) is 0. The molecule has 0 atom stereocenters. The first-order valence-electron chi connectivity index (χ1n) is 3.38. The fourth-order valence-electron chi connectivity index (χ4n) is 0.764. The molecule has 70 valence electrons. The van der Waals surface area contributed by atoms with E-state index in [1.807, 2.05) is 0 Å². The van der Waals surface area contributed by atoms with Crippen molar-refractivity contribution in [2.45, 2.75) is 6.54 Å².